The van der Waals surface area contributed by atoms with Crippen molar-refractivity contribution in [1.29, 1.82) is 0 Å². The second-order valence-electron chi connectivity index (χ2n) is 3.69. The highest BCUT2D eigenvalue weighted by molar-refractivity contribution is 5.76. The number of esters is 1. The van der Waals surface area contributed by atoms with E-state index in [1.54, 1.807) is 6.92 Å². The first-order valence-corrected chi connectivity index (χ1v) is 5.02. The normalized spacial score (nSPS) is 31.2. The highest BCUT2D eigenvalue weighted by Gasteiger charge is 2.46. The molecule has 0 aromatic heterocycles. The number of alkyl halides is 3. The number of carbonyl (C=O) groups excluding carboxylic acids is 1. The number of aliphatic hydroxyl groups excluding tert-OH is 1. The maximum atomic E-state index is 12.4. The molecule has 0 bridgehead atoms. The van der Waals surface area contributed by atoms with Crippen LogP contribution < -0.4 is 5.32 Å². The second-order valence-corrected chi connectivity index (χ2v) is 3.69. The summed E-state index contributed by atoms with van der Waals surface area (Å²) in [6.45, 7) is 1.67. The molecule has 16 heavy (non-hydrogen) atoms. The van der Waals surface area contributed by atoms with Gasteiger partial charge >= 0.3 is 12.1 Å². The molecule has 1 rings (SSSR count). The lowest BCUT2D eigenvalue weighted by Gasteiger charge is -2.33. The third-order valence-electron chi connectivity index (χ3n) is 2.38. The molecule has 1 unspecified atom stereocenters. The zero-order chi connectivity index (χ0) is 12.3. The predicted octanol–water partition coefficient (Wildman–Crippen LogP) is 0.593. The molecule has 4 nitrogen and oxygen atoms in total. The molecule has 0 aliphatic carbocycles. The Morgan fingerprint density at radius 3 is 2.62 bits per heavy atom. The van der Waals surface area contributed by atoms with Crippen molar-refractivity contribution in [2.45, 2.75) is 44.1 Å². The summed E-state index contributed by atoms with van der Waals surface area (Å²) >= 11 is 0. The van der Waals surface area contributed by atoms with Crippen molar-refractivity contribution in [3.8, 4) is 0 Å². The van der Waals surface area contributed by atoms with Crippen LogP contribution in [0.4, 0.5) is 13.2 Å². The van der Waals surface area contributed by atoms with E-state index in [0.29, 0.717) is 0 Å². The minimum absolute atomic E-state index is 0.0502. The van der Waals surface area contributed by atoms with Crippen LogP contribution in [-0.2, 0) is 9.53 Å². The number of carbonyl (C=O) groups is 1. The van der Waals surface area contributed by atoms with Crippen molar-refractivity contribution in [1.82, 2.24) is 5.32 Å². The zero-order valence-corrected chi connectivity index (χ0v) is 8.75. The Balaban J connectivity index is 2.64. The van der Waals surface area contributed by atoms with E-state index in [4.69, 9.17) is 0 Å². The van der Waals surface area contributed by atoms with E-state index in [0.717, 1.165) is 0 Å². The molecule has 0 saturated carbocycles. The van der Waals surface area contributed by atoms with E-state index in [-0.39, 0.29) is 13.0 Å². The number of ether oxygens (including phenoxy) is 1. The van der Waals surface area contributed by atoms with Gasteiger partial charge in [-0.15, -0.1) is 0 Å². The minimum Gasteiger partial charge on any atom is -0.465 e. The van der Waals surface area contributed by atoms with Crippen LogP contribution in [-0.4, -0.2) is 42.0 Å². The van der Waals surface area contributed by atoms with Crippen LogP contribution >= 0.6 is 0 Å². The number of halogens is 3. The third kappa shape index (κ3) is 3.34. The molecule has 0 aromatic carbocycles. The summed E-state index contributed by atoms with van der Waals surface area (Å²) in [5.41, 5.74) is 0. The summed E-state index contributed by atoms with van der Waals surface area (Å²) in [5, 5.41) is 11.4. The number of rotatable bonds is 2. The fourth-order valence-electron chi connectivity index (χ4n) is 1.65. The Morgan fingerprint density at radius 1 is 1.50 bits per heavy atom. The van der Waals surface area contributed by atoms with Gasteiger partial charge in [-0.3, -0.25) is 10.1 Å². The van der Waals surface area contributed by atoms with E-state index in [1.165, 1.54) is 0 Å². The van der Waals surface area contributed by atoms with Gasteiger partial charge in [0.2, 0.25) is 0 Å². The van der Waals surface area contributed by atoms with Crippen molar-refractivity contribution >= 4 is 5.97 Å². The average molecular weight is 241 g/mol. The highest BCUT2D eigenvalue weighted by atomic mass is 19.4. The highest BCUT2D eigenvalue weighted by Crippen LogP contribution is 2.28. The van der Waals surface area contributed by atoms with Gasteiger partial charge in [-0.25, -0.2) is 0 Å². The number of nitrogens with one attached hydrogen (secondary N) is 1. The molecular formula is C9H14F3NO3. The Morgan fingerprint density at radius 2 is 2.12 bits per heavy atom. The van der Waals surface area contributed by atoms with Crippen LogP contribution in [0, 0.1) is 0 Å². The number of aliphatic hydroxyl groups is 1. The first kappa shape index (κ1) is 13.2. The van der Waals surface area contributed by atoms with E-state index in [1.807, 2.05) is 0 Å². The third-order valence-corrected chi connectivity index (χ3v) is 2.38. The van der Waals surface area contributed by atoms with E-state index < -0.39 is 36.8 Å². The van der Waals surface area contributed by atoms with Crippen LogP contribution in [0.5, 0.6) is 0 Å². The largest absolute Gasteiger partial charge is 0.465 e. The fraction of sp³-hybridized carbons (Fsp3) is 0.889. The van der Waals surface area contributed by atoms with Crippen molar-refractivity contribution in [2.75, 3.05) is 6.61 Å². The first-order valence-electron chi connectivity index (χ1n) is 5.02. The number of hydrogen-bond acceptors (Lipinski definition) is 4. The Hall–Kier alpha value is -0.820. The van der Waals surface area contributed by atoms with Gasteiger partial charge in [0, 0.05) is 0 Å². The maximum absolute atomic E-state index is 12.4. The zero-order valence-electron chi connectivity index (χ0n) is 8.75. The van der Waals surface area contributed by atoms with Gasteiger partial charge < -0.3 is 9.84 Å². The Bertz CT molecular complexity index is 257. The van der Waals surface area contributed by atoms with Gasteiger partial charge in [-0.2, -0.15) is 13.2 Å². The van der Waals surface area contributed by atoms with Gasteiger partial charge in [0.05, 0.1) is 12.7 Å². The minimum atomic E-state index is -4.47. The first-order chi connectivity index (χ1) is 7.34. The van der Waals surface area contributed by atoms with Gasteiger partial charge in [-0.05, 0) is 19.8 Å². The quantitative estimate of drug-likeness (QED) is 0.695. The summed E-state index contributed by atoms with van der Waals surface area (Å²) in [6.07, 6.45) is -6.08. The van der Waals surface area contributed by atoms with Gasteiger partial charge in [0.25, 0.3) is 0 Å². The Kier molecular flexibility index (Phi) is 4.15. The van der Waals surface area contributed by atoms with Gasteiger partial charge in [0.15, 0.2) is 0 Å². The van der Waals surface area contributed by atoms with E-state index >= 15 is 0 Å². The molecule has 2 N–H and O–H groups in total. The summed E-state index contributed by atoms with van der Waals surface area (Å²) in [4.78, 5) is 11.3. The van der Waals surface area contributed by atoms with E-state index in [2.05, 4.69) is 10.1 Å². The monoisotopic (exact) mass is 241 g/mol. The second kappa shape index (κ2) is 5.01. The summed E-state index contributed by atoms with van der Waals surface area (Å²) < 4.78 is 41.8. The molecule has 1 saturated heterocycles. The van der Waals surface area contributed by atoms with Crippen molar-refractivity contribution in [3.63, 3.8) is 0 Å². The molecule has 0 radical (unpaired) electrons. The van der Waals surface area contributed by atoms with Crippen molar-refractivity contribution < 1.29 is 27.8 Å². The number of piperidine rings is 1. The number of hydrogen-bond donors (Lipinski definition) is 2. The van der Waals surface area contributed by atoms with Crippen molar-refractivity contribution in [2.24, 2.45) is 0 Å². The lowest BCUT2D eigenvalue weighted by atomic mass is 9.95. The summed E-state index contributed by atoms with van der Waals surface area (Å²) in [6, 6.07) is -2.94. The van der Waals surface area contributed by atoms with Crippen molar-refractivity contribution in [3.05, 3.63) is 0 Å². The van der Waals surface area contributed by atoms with Crippen LogP contribution in [0.15, 0.2) is 0 Å². The van der Waals surface area contributed by atoms with Crippen LogP contribution in [0.2, 0.25) is 0 Å². The smallest absolute Gasteiger partial charge is 0.403 e. The fourth-order valence-corrected chi connectivity index (χ4v) is 1.65. The summed E-state index contributed by atoms with van der Waals surface area (Å²) in [7, 11) is 0. The topological polar surface area (TPSA) is 58.6 Å². The van der Waals surface area contributed by atoms with Crippen LogP contribution in [0.1, 0.15) is 19.8 Å². The average Bonchev–Trinajstić information content (AvgIpc) is 2.16. The lowest BCUT2D eigenvalue weighted by molar-refractivity contribution is -0.176. The molecule has 3 atom stereocenters. The molecule has 0 aromatic rings. The molecule has 0 amide bonds. The standard InChI is InChI=1S/C9H14F3NO3/c1-2-16-8(15)6-3-5(14)4-7(13-6)9(10,11)12/h5-7,13-14H,2-4H2,1H3/t5?,6-,7+/m0/s1. The molecule has 1 aliphatic heterocycles. The predicted molar refractivity (Wildman–Crippen MR) is 48.6 cm³/mol. The molecule has 7 heteroatoms. The molecule has 1 heterocycles. The molecule has 94 valence electrons. The SMILES string of the molecule is CCOC(=O)[C@@H]1CC(O)C[C@H](C(F)(F)F)N1. The molecule has 1 fully saturated rings. The van der Waals surface area contributed by atoms with Gasteiger partial charge in [0.1, 0.15) is 12.1 Å². The maximum Gasteiger partial charge on any atom is 0.403 e. The summed E-state index contributed by atoms with van der Waals surface area (Å²) in [5.74, 6) is -0.754. The Labute approximate surface area is 90.8 Å². The molecule has 0 spiro atoms. The molecular weight excluding hydrogens is 227 g/mol. The van der Waals surface area contributed by atoms with Gasteiger partial charge in [-0.1, -0.05) is 0 Å². The molecule has 1 aliphatic rings. The van der Waals surface area contributed by atoms with Crippen LogP contribution in [0.3, 0.4) is 0 Å². The van der Waals surface area contributed by atoms with E-state index in [9.17, 15) is 23.1 Å². The lowest BCUT2D eigenvalue weighted by Crippen LogP contribution is -2.57. The van der Waals surface area contributed by atoms with Crippen LogP contribution in [0.25, 0.3) is 0 Å².